The van der Waals surface area contributed by atoms with Gasteiger partial charge in [0.2, 0.25) is 0 Å². The van der Waals surface area contributed by atoms with Gasteiger partial charge in [-0.05, 0) is 55.7 Å². The van der Waals surface area contributed by atoms with Gasteiger partial charge in [0.15, 0.2) is 0 Å². The highest BCUT2D eigenvalue weighted by atomic mass is 16.5. The fourth-order valence-corrected chi connectivity index (χ4v) is 2.57. The molecule has 1 aliphatic carbocycles. The molecule has 1 aliphatic rings. The van der Waals surface area contributed by atoms with Crippen molar-refractivity contribution < 1.29 is 14.6 Å². The standard InChI is InChI=1S/C16H22O3/c1-11-4-5-13(15(17)18)14(10-11)19-12-6-8-16(2,3)9-7-12/h4-5,10,12H,6-9H2,1-3H3,(H,17,18). The summed E-state index contributed by atoms with van der Waals surface area (Å²) in [6.45, 7) is 6.50. The first-order valence-corrected chi connectivity index (χ1v) is 6.88. The Morgan fingerprint density at radius 2 is 1.95 bits per heavy atom. The van der Waals surface area contributed by atoms with Crippen molar-refractivity contribution in [3.05, 3.63) is 29.3 Å². The number of aromatic carboxylic acids is 1. The zero-order chi connectivity index (χ0) is 14.0. The zero-order valence-corrected chi connectivity index (χ0v) is 11.9. The van der Waals surface area contributed by atoms with Crippen LogP contribution in [0.1, 0.15) is 55.5 Å². The molecule has 19 heavy (non-hydrogen) atoms. The molecule has 0 saturated heterocycles. The summed E-state index contributed by atoms with van der Waals surface area (Å²) in [5.74, 6) is -0.414. The highest BCUT2D eigenvalue weighted by molar-refractivity contribution is 5.90. The Hall–Kier alpha value is -1.51. The molecule has 1 aromatic rings. The van der Waals surface area contributed by atoms with Crippen LogP contribution in [-0.2, 0) is 0 Å². The van der Waals surface area contributed by atoms with Crippen molar-refractivity contribution in [2.24, 2.45) is 5.41 Å². The molecule has 1 saturated carbocycles. The average molecular weight is 262 g/mol. The third kappa shape index (κ3) is 3.49. The van der Waals surface area contributed by atoms with E-state index in [1.165, 1.54) is 0 Å². The van der Waals surface area contributed by atoms with E-state index >= 15 is 0 Å². The Morgan fingerprint density at radius 3 is 2.53 bits per heavy atom. The Labute approximate surface area is 114 Å². The maximum atomic E-state index is 11.2. The molecule has 0 unspecified atom stereocenters. The lowest BCUT2D eigenvalue weighted by Crippen LogP contribution is -2.28. The summed E-state index contributed by atoms with van der Waals surface area (Å²) in [6, 6.07) is 5.25. The summed E-state index contributed by atoms with van der Waals surface area (Å²) >= 11 is 0. The van der Waals surface area contributed by atoms with Gasteiger partial charge < -0.3 is 9.84 Å². The molecule has 0 amide bonds. The van der Waals surface area contributed by atoms with E-state index in [-0.39, 0.29) is 11.7 Å². The summed E-state index contributed by atoms with van der Waals surface area (Å²) < 4.78 is 5.94. The van der Waals surface area contributed by atoms with E-state index in [1.807, 2.05) is 13.0 Å². The molecular weight excluding hydrogens is 240 g/mol. The average Bonchev–Trinajstić information content (AvgIpc) is 2.31. The van der Waals surface area contributed by atoms with E-state index in [4.69, 9.17) is 4.74 Å². The van der Waals surface area contributed by atoms with E-state index < -0.39 is 5.97 Å². The minimum absolute atomic E-state index is 0.146. The number of carboxylic acids is 1. The topological polar surface area (TPSA) is 46.5 Å². The molecule has 1 fully saturated rings. The Bertz CT molecular complexity index is 467. The van der Waals surface area contributed by atoms with Gasteiger partial charge in [0.1, 0.15) is 11.3 Å². The fraction of sp³-hybridized carbons (Fsp3) is 0.562. The van der Waals surface area contributed by atoms with Crippen LogP contribution < -0.4 is 4.74 Å². The third-order valence-corrected chi connectivity index (χ3v) is 3.95. The summed E-state index contributed by atoms with van der Waals surface area (Å²) in [5, 5.41) is 9.19. The maximum Gasteiger partial charge on any atom is 0.339 e. The van der Waals surface area contributed by atoms with E-state index in [0.717, 1.165) is 31.2 Å². The van der Waals surface area contributed by atoms with Crippen LogP contribution in [0, 0.1) is 12.3 Å². The SMILES string of the molecule is Cc1ccc(C(=O)O)c(OC2CCC(C)(C)CC2)c1. The Morgan fingerprint density at radius 1 is 1.32 bits per heavy atom. The number of carbonyl (C=O) groups is 1. The van der Waals surface area contributed by atoms with Crippen molar-refractivity contribution in [2.45, 2.75) is 52.6 Å². The van der Waals surface area contributed by atoms with Gasteiger partial charge in [0.05, 0.1) is 6.10 Å². The molecule has 0 bridgehead atoms. The molecule has 3 nitrogen and oxygen atoms in total. The highest BCUT2D eigenvalue weighted by Gasteiger charge is 2.28. The van der Waals surface area contributed by atoms with Crippen LogP contribution in [-0.4, -0.2) is 17.2 Å². The van der Waals surface area contributed by atoms with Gasteiger partial charge in [-0.3, -0.25) is 0 Å². The molecule has 0 aliphatic heterocycles. The molecule has 0 spiro atoms. The van der Waals surface area contributed by atoms with Crippen molar-refractivity contribution in [2.75, 3.05) is 0 Å². The molecule has 0 radical (unpaired) electrons. The van der Waals surface area contributed by atoms with Crippen LogP contribution in [0.5, 0.6) is 5.75 Å². The zero-order valence-electron chi connectivity index (χ0n) is 11.9. The van der Waals surface area contributed by atoms with Crippen LogP contribution in [0.3, 0.4) is 0 Å². The van der Waals surface area contributed by atoms with Crippen molar-refractivity contribution >= 4 is 5.97 Å². The molecule has 104 valence electrons. The number of aryl methyl sites for hydroxylation is 1. The van der Waals surface area contributed by atoms with E-state index in [1.54, 1.807) is 12.1 Å². The quantitative estimate of drug-likeness (QED) is 0.894. The summed E-state index contributed by atoms with van der Waals surface area (Å²) in [5.41, 5.74) is 1.67. The smallest absolute Gasteiger partial charge is 0.339 e. The highest BCUT2D eigenvalue weighted by Crippen LogP contribution is 2.37. The minimum atomic E-state index is -0.925. The second kappa shape index (κ2) is 5.24. The van der Waals surface area contributed by atoms with Crippen molar-refractivity contribution in [3.63, 3.8) is 0 Å². The first kappa shape index (κ1) is 13.9. The maximum absolute atomic E-state index is 11.2. The lowest BCUT2D eigenvalue weighted by atomic mass is 9.76. The number of carboxylic acid groups (broad SMARTS) is 1. The molecule has 3 heteroatoms. The predicted molar refractivity (Wildman–Crippen MR) is 74.8 cm³/mol. The molecular formula is C16H22O3. The van der Waals surface area contributed by atoms with E-state index in [0.29, 0.717) is 11.2 Å². The molecule has 1 aromatic carbocycles. The van der Waals surface area contributed by atoms with Crippen LogP contribution in [0.4, 0.5) is 0 Å². The number of ether oxygens (including phenoxy) is 1. The molecule has 0 atom stereocenters. The predicted octanol–water partition coefficient (Wildman–Crippen LogP) is 4.04. The number of benzene rings is 1. The van der Waals surface area contributed by atoms with Crippen LogP contribution >= 0.6 is 0 Å². The van der Waals surface area contributed by atoms with Crippen LogP contribution in [0.25, 0.3) is 0 Å². The fourth-order valence-electron chi connectivity index (χ4n) is 2.57. The molecule has 0 heterocycles. The number of hydrogen-bond donors (Lipinski definition) is 1. The van der Waals surface area contributed by atoms with Crippen LogP contribution in [0.2, 0.25) is 0 Å². The third-order valence-electron chi connectivity index (χ3n) is 3.95. The molecule has 0 aromatic heterocycles. The van der Waals surface area contributed by atoms with Gasteiger partial charge in [-0.15, -0.1) is 0 Å². The largest absolute Gasteiger partial charge is 0.490 e. The number of hydrogen-bond acceptors (Lipinski definition) is 2. The monoisotopic (exact) mass is 262 g/mol. The van der Waals surface area contributed by atoms with Crippen molar-refractivity contribution in [1.29, 1.82) is 0 Å². The van der Waals surface area contributed by atoms with Crippen molar-refractivity contribution in [3.8, 4) is 5.75 Å². The summed E-state index contributed by atoms with van der Waals surface area (Å²) in [7, 11) is 0. The van der Waals surface area contributed by atoms with Gasteiger partial charge in [0, 0.05) is 0 Å². The Balaban J connectivity index is 2.11. The first-order valence-electron chi connectivity index (χ1n) is 6.88. The summed E-state index contributed by atoms with van der Waals surface area (Å²) in [6.07, 6.45) is 4.41. The first-order chi connectivity index (χ1) is 8.87. The Kier molecular flexibility index (Phi) is 3.83. The van der Waals surface area contributed by atoms with Crippen molar-refractivity contribution in [1.82, 2.24) is 0 Å². The normalized spacial score (nSPS) is 19.1. The van der Waals surface area contributed by atoms with Gasteiger partial charge in [-0.2, -0.15) is 0 Å². The minimum Gasteiger partial charge on any atom is -0.490 e. The van der Waals surface area contributed by atoms with E-state index in [9.17, 15) is 9.90 Å². The van der Waals surface area contributed by atoms with E-state index in [2.05, 4.69) is 13.8 Å². The van der Waals surface area contributed by atoms with Gasteiger partial charge in [-0.1, -0.05) is 19.9 Å². The summed E-state index contributed by atoms with van der Waals surface area (Å²) in [4.78, 5) is 11.2. The second-order valence-corrected chi connectivity index (χ2v) is 6.29. The van der Waals surface area contributed by atoms with Gasteiger partial charge >= 0.3 is 5.97 Å². The molecule has 2 rings (SSSR count). The van der Waals surface area contributed by atoms with Gasteiger partial charge in [-0.25, -0.2) is 4.79 Å². The second-order valence-electron chi connectivity index (χ2n) is 6.29. The lowest BCUT2D eigenvalue weighted by Gasteiger charge is -2.34. The van der Waals surface area contributed by atoms with Crippen LogP contribution in [0.15, 0.2) is 18.2 Å². The molecule has 1 N–H and O–H groups in total. The number of rotatable bonds is 3. The lowest BCUT2D eigenvalue weighted by molar-refractivity contribution is 0.0674. The van der Waals surface area contributed by atoms with Gasteiger partial charge in [0.25, 0.3) is 0 Å².